The summed E-state index contributed by atoms with van der Waals surface area (Å²) in [4.78, 5) is 20.4. The van der Waals surface area contributed by atoms with Crippen LogP contribution in [0.2, 0.25) is 0 Å². The lowest BCUT2D eigenvalue weighted by Gasteiger charge is -2.31. The molecule has 0 amide bonds. The number of hydrogen-bond donors (Lipinski definition) is 1. The van der Waals surface area contributed by atoms with E-state index in [1.54, 1.807) is 0 Å². The van der Waals surface area contributed by atoms with Gasteiger partial charge in [-0.3, -0.25) is 4.79 Å². The Morgan fingerprint density at radius 3 is 1.19 bits per heavy atom. The van der Waals surface area contributed by atoms with E-state index >= 15 is 0 Å². The molecule has 0 saturated heterocycles. The van der Waals surface area contributed by atoms with Gasteiger partial charge in [0.15, 0.2) is 0 Å². The summed E-state index contributed by atoms with van der Waals surface area (Å²) >= 11 is 0. The van der Waals surface area contributed by atoms with Crippen molar-refractivity contribution in [3.63, 3.8) is 0 Å². The Morgan fingerprint density at radius 1 is 0.667 bits per heavy atom. The highest BCUT2D eigenvalue weighted by molar-refractivity contribution is 6.11. The van der Waals surface area contributed by atoms with Gasteiger partial charge < -0.3 is 5.11 Å². The molecule has 21 heavy (non-hydrogen) atoms. The molecule has 0 aliphatic rings. The van der Waals surface area contributed by atoms with Gasteiger partial charge in [-0.2, -0.15) is 43.9 Å². The van der Waals surface area contributed by atoms with E-state index < -0.39 is 41.6 Å². The summed E-state index contributed by atoms with van der Waals surface area (Å²) in [5, 5.41) is 7.80. The fourth-order valence-electron chi connectivity index (χ4n) is 0.884. The van der Waals surface area contributed by atoms with Gasteiger partial charge in [-0.25, -0.2) is 9.18 Å². The zero-order valence-electron chi connectivity index (χ0n) is 8.92. The third-order valence-corrected chi connectivity index (χ3v) is 2.03. The molecule has 0 aromatic heterocycles. The number of carboxylic acid groups (broad SMARTS) is 1. The summed E-state index contributed by atoms with van der Waals surface area (Å²) in [7, 11) is 0. The highest BCUT2D eigenvalue weighted by Gasteiger charge is 2.83. The van der Waals surface area contributed by atoms with Crippen molar-refractivity contribution < 1.29 is 63.0 Å². The maximum Gasteiger partial charge on any atom is 0.460 e. The first kappa shape index (κ1) is 19.4. The van der Waals surface area contributed by atoms with E-state index in [0.29, 0.717) is 0 Å². The Hall–Kier alpha value is -1.63. The molecule has 0 saturated carbocycles. The van der Waals surface area contributed by atoms with Crippen LogP contribution in [0.1, 0.15) is 0 Å². The molecular formula is C7HF11O3. The average Bonchev–Trinajstić information content (AvgIpc) is 2.22. The number of aliphatic carboxylic acids is 1. The van der Waals surface area contributed by atoms with Gasteiger partial charge in [0.05, 0.1) is 0 Å². The Labute approximate surface area is 106 Å². The number of carboxylic acids is 1. The predicted molar refractivity (Wildman–Crippen MR) is 38.5 cm³/mol. The van der Waals surface area contributed by atoms with Gasteiger partial charge >= 0.3 is 35.8 Å². The monoisotopic (exact) mass is 342 g/mol. The summed E-state index contributed by atoms with van der Waals surface area (Å²) in [6.45, 7) is 0. The molecule has 0 rings (SSSR count). The number of halogens is 11. The highest BCUT2D eigenvalue weighted by atomic mass is 19.4. The molecule has 0 aliphatic heterocycles. The van der Waals surface area contributed by atoms with Gasteiger partial charge in [-0.1, -0.05) is 0 Å². The Bertz CT molecular complexity index is 448. The normalized spacial score (nSPS) is 17.3. The van der Waals surface area contributed by atoms with Crippen LogP contribution in [0, 0.1) is 0 Å². The number of Topliss-reactive ketones (excluding diaryl/α,β-unsaturated/α-hetero) is 1. The summed E-state index contributed by atoms with van der Waals surface area (Å²) in [6, 6.07) is 0. The zero-order valence-corrected chi connectivity index (χ0v) is 8.92. The molecule has 0 heterocycles. The summed E-state index contributed by atoms with van der Waals surface area (Å²) in [6.07, 6.45) is -14.2. The van der Waals surface area contributed by atoms with Crippen molar-refractivity contribution in [1.29, 1.82) is 0 Å². The van der Waals surface area contributed by atoms with Gasteiger partial charge in [0.2, 0.25) is 0 Å². The van der Waals surface area contributed by atoms with Crippen molar-refractivity contribution in [2.45, 2.75) is 29.9 Å². The summed E-state index contributed by atoms with van der Waals surface area (Å²) < 4.78 is 134. The zero-order chi connectivity index (χ0) is 17.7. The second-order valence-corrected chi connectivity index (χ2v) is 3.44. The number of carbonyl (C=O) groups excluding carboxylic acids is 1. The molecule has 0 radical (unpaired) electrons. The van der Waals surface area contributed by atoms with Gasteiger partial charge in [0.25, 0.3) is 5.78 Å². The molecule has 0 fully saturated rings. The Morgan fingerprint density at radius 2 is 1.00 bits per heavy atom. The molecular weight excluding hydrogens is 341 g/mol. The van der Waals surface area contributed by atoms with E-state index in [0.717, 1.165) is 0 Å². The second-order valence-electron chi connectivity index (χ2n) is 3.44. The molecule has 0 spiro atoms. The van der Waals surface area contributed by atoms with E-state index in [9.17, 15) is 57.9 Å². The minimum absolute atomic E-state index is 4.02. The summed E-state index contributed by atoms with van der Waals surface area (Å²) in [5.74, 6) is -23.5. The van der Waals surface area contributed by atoms with E-state index in [2.05, 4.69) is 0 Å². The number of rotatable bonds is 4. The number of alkyl halides is 11. The highest BCUT2D eigenvalue weighted by Crippen LogP contribution is 2.50. The standard InChI is InChI=1S/C7HF11O3/c8-3(2(20)21,6(13,14)15)1(19)4(9,10)5(11,12)7(16,17)18/h(H,20,21). The third-order valence-electron chi connectivity index (χ3n) is 2.03. The molecule has 1 atom stereocenters. The first-order chi connectivity index (χ1) is 8.85. The lowest BCUT2D eigenvalue weighted by atomic mass is 9.91. The fraction of sp³-hybridized carbons (Fsp3) is 0.714. The number of carbonyl (C=O) groups is 2. The Balaban J connectivity index is 6.18. The summed E-state index contributed by atoms with van der Waals surface area (Å²) in [5.41, 5.74) is -6.65. The molecule has 0 bridgehead atoms. The van der Waals surface area contributed by atoms with Gasteiger partial charge in [0, 0.05) is 0 Å². The SMILES string of the molecule is O=C(O)C(F)(C(=O)C(F)(F)C(F)(F)C(F)(F)F)C(F)(F)F. The lowest BCUT2D eigenvalue weighted by molar-refractivity contribution is -0.348. The quantitative estimate of drug-likeness (QED) is 0.631. The van der Waals surface area contributed by atoms with Crippen LogP contribution in [0.3, 0.4) is 0 Å². The second kappa shape index (κ2) is 4.69. The van der Waals surface area contributed by atoms with Crippen LogP contribution in [0.15, 0.2) is 0 Å². The van der Waals surface area contributed by atoms with Crippen LogP contribution in [-0.2, 0) is 9.59 Å². The van der Waals surface area contributed by atoms with Crippen molar-refractivity contribution in [2.24, 2.45) is 0 Å². The minimum Gasteiger partial charge on any atom is -0.478 e. The predicted octanol–water partition coefficient (Wildman–Crippen LogP) is 2.74. The molecule has 14 heteroatoms. The van der Waals surface area contributed by atoms with E-state index in [4.69, 9.17) is 5.11 Å². The van der Waals surface area contributed by atoms with E-state index in [-0.39, 0.29) is 0 Å². The van der Waals surface area contributed by atoms with Crippen LogP contribution < -0.4 is 0 Å². The molecule has 124 valence electrons. The van der Waals surface area contributed by atoms with Crippen molar-refractivity contribution in [1.82, 2.24) is 0 Å². The average molecular weight is 342 g/mol. The van der Waals surface area contributed by atoms with Crippen molar-refractivity contribution >= 4 is 11.8 Å². The fourth-order valence-corrected chi connectivity index (χ4v) is 0.884. The minimum atomic E-state index is -7.42. The smallest absolute Gasteiger partial charge is 0.460 e. The van der Waals surface area contributed by atoms with E-state index in [1.807, 2.05) is 0 Å². The van der Waals surface area contributed by atoms with Crippen molar-refractivity contribution in [3.8, 4) is 0 Å². The van der Waals surface area contributed by atoms with Gasteiger partial charge in [0.1, 0.15) is 0 Å². The molecule has 0 aromatic rings. The molecule has 0 aliphatic carbocycles. The largest absolute Gasteiger partial charge is 0.478 e. The van der Waals surface area contributed by atoms with E-state index in [1.165, 1.54) is 0 Å². The van der Waals surface area contributed by atoms with Crippen LogP contribution in [-0.4, -0.2) is 46.7 Å². The molecule has 1 unspecified atom stereocenters. The van der Waals surface area contributed by atoms with Crippen LogP contribution in [0.25, 0.3) is 0 Å². The van der Waals surface area contributed by atoms with Crippen molar-refractivity contribution in [3.05, 3.63) is 0 Å². The molecule has 3 nitrogen and oxygen atoms in total. The first-order valence-electron chi connectivity index (χ1n) is 4.21. The molecule has 1 N–H and O–H groups in total. The number of ketones is 1. The van der Waals surface area contributed by atoms with Gasteiger partial charge in [-0.05, 0) is 0 Å². The number of hydrogen-bond acceptors (Lipinski definition) is 2. The maximum absolute atomic E-state index is 13.0. The van der Waals surface area contributed by atoms with Crippen molar-refractivity contribution in [2.75, 3.05) is 0 Å². The van der Waals surface area contributed by atoms with Crippen LogP contribution in [0.5, 0.6) is 0 Å². The van der Waals surface area contributed by atoms with Crippen LogP contribution in [0.4, 0.5) is 48.3 Å². The topological polar surface area (TPSA) is 54.4 Å². The third kappa shape index (κ3) is 2.62. The maximum atomic E-state index is 13.0. The lowest BCUT2D eigenvalue weighted by Crippen LogP contribution is -2.66. The molecule has 0 aromatic carbocycles. The van der Waals surface area contributed by atoms with Crippen LogP contribution >= 0.6 is 0 Å². The first-order valence-corrected chi connectivity index (χ1v) is 4.21. The Kier molecular flexibility index (Phi) is 4.33. The van der Waals surface area contributed by atoms with Gasteiger partial charge in [-0.15, -0.1) is 0 Å².